The van der Waals surface area contributed by atoms with Crippen LogP contribution >= 0.6 is 11.6 Å². The summed E-state index contributed by atoms with van der Waals surface area (Å²) in [6.45, 7) is 3.98. The molecular formula is C27H30ClN3O2. The highest BCUT2D eigenvalue weighted by atomic mass is 35.5. The van der Waals surface area contributed by atoms with E-state index in [2.05, 4.69) is 36.1 Å². The smallest absolute Gasteiger partial charge is 0.303 e. The van der Waals surface area contributed by atoms with E-state index in [1.54, 1.807) is 0 Å². The van der Waals surface area contributed by atoms with E-state index in [0.29, 0.717) is 5.02 Å². The largest absolute Gasteiger partial charge is 0.481 e. The van der Waals surface area contributed by atoms with Crippen LogP contribution < -0.4 is 4.90 Å². The van der Waals surface area contributed by atoms with E-state index >= 15 is 0 Å². The second-order valence-corrected chi connectivity index (χ2v) is 9.15. The molecule has 172 valence electrons. The minimum atomic E-state index is -0.713. The molecule has 33 heavy (non-hydrogen) atoms. The molecule has 0 unspecified atom stereocenters. The topological polar surface area (TPSA) is 66.3 Å². The number of nitrogens with zero attached hydrogens (tertiary/aromatic N) is 3. The monoisotopic (exact) mass is 463 g/mol. The average Bonchev–Trinajstić information content (AvgIpc) is 2.81. The fraction of sp³-hybridized carbons (Fsp3) is 0.370. The van der Waals surface area contributed by atoms with Gasteiger partial charge in [-0.1, -0.05) is 66.4 Å². The number of carbonyl (C=O) groups is 1. The maximum atomic E-state index is 10.7. The van der Waals surface area contributed by atoms with E-state index in [9.17, 15) is 4.79 Å². The van der Waals surface area contributed by atoms with Gasteiger partial charge < -0.3 is 10.0 Å². The molecule has 1 aliphatic rings. The van der Waals surface area contributed by atoms with E-state index in [1.165, 1.54) is 5.56 Å². The number of anilines is 1. The van der Waals surface area contributed by atoms with E-state index < -0.39 is 5.97 Å². The van der Waals surface area contributed by atoms with Gasteiger partial charge in [0.25, 0.3) is 0 Å². The molecule has 2 aromatic carbocycles. The molecule has 1 aliphatic heterocycles. The molecule has 3 aromatic rings. The zero-order chi connectivity index (χ0) is 23.2. The van der Waals surface area contributed by atoms with Gasteiger partial charge in [0.2, 0.25) is 0 Å². The second kappa shape index (κ2) is 10.8. The van der Waals surface area contributed by atoms with Crippen molar-refractivity contribution in [1.29, 1.82) is 0 Å². The first-order valence-electron chi connectivity index (χ1n) is 11.7. The summed E-state index contributed by atoms with van der Waals surface area (Å²) in [4.78, 5) is 23.4. The predicted molar refractivity (Wildman–Crippen MR) is 134 cm³/mol. The van der Waals surface area contributed by atoms with Crippen LogP contribution in [-0.4, -0.2) is 34.1 Å². The van der Waals surface area contributed by atoms with Crippen LogP contribution in [-0.2, 0) is 11.2 Å². The van der Waals surface area contributed by atoms with Crippen molar-refractivity contribution in [3.63, 3.8) is 0 Å². The first kappa shape index (κ1) is 23.2. The fourth-order valence-corrected chi connectivity index (χ4v) is 4.42. The standard InChI is InChI=1S/C27H30ClN3O2/c1-19-9-11-20(12-10-19)26-25(21-13-15-22(28)16-14-21)29-23-7-6-18-31(27(23)30-26)17-5-3-2-4-8-24(32)33/h9-16H,2-8,17-18H2,1H3,(H,32,33). The molecule has 0 fully saturated rings. The van der Waals surface area contributed by atoms with Crippen molar-refractivity contribution in [3.05, 3.63) is 64.8 Å². The summed E-state index contributed by atoms with van der Waals surface area (Å²) in [5, 5.41) is 9.51. The molecule has 1 aromatic heterocycles. The van der Waals surface area contributed by atoms with Crippen LogP contribution in [0.1, 0.15) is 49.8 Å². The molecule has 0 bridgehead atoms. The number of halogens is 1. The van der Waals surface area contributed by atoms with Crippen LogP contribution in [0.2, 0.25) is 5.02 Å². The van der Waals surface area contributed by atoms with Crippen LogP contribution in [0.5, 0.6) is 0 Å². The number of benzene rings is 2. The van der Waals surface area contributed by atoms with E-state index in [1.807, 2.05) is 24.3 Å². The summed E-state index contributed by atoms with van der Waals surface area (Å²) in [6.07, 6.45) is 5.98. The lowest BCUT2D eigenvalue weighted by molar-refractivity contribution is -0.137. The van der Waals surface area contributed by atoms with Gasteiger partial charge in [0.15, 0.2) is 5.82 Å². The van der Waals surface area contributed by atoms with Gasteiger partial charge in [-0.25, -0.2) is 9.97 Å². The molecule has 0 saturated heterocycles. The van der Waals surface area contributed by atoms with Gasteiger partial charge in [-0.15, -0.1) is 0 Å². The Balaban J connectivity index is 1.62. The van der Waals surface area contributed by atoms with Gasteiger partial charge in [0.05, 0.1) is 17.1 Å². The van der Waals surface area contributed by atoms with Crippen LogP contribution in [0.4, 0.5) is 5.82 Å². The Labute approximate surface area is 200 Å². The molecule has 5 nitrogen and oxygen atoms in total. The minimum absolute atomic E-state index is 0.255. The molecule has 0 radical (unpaired) electrons. The first-order chi connectivity index (χ1) is 16.0. The molecular weight excluding hydrogens is 434 g/mol. The molecule has 0 saturated carbocycles. The Morgan fingerprint density at radius 1 is 0.939 bits per heavy atom. The van der Waals surface area contributed by atoms with Crippen molar-refractivity contribution >= 4 is 23.4 Å². The zero-order valence-electron chi connectivity index (χ0n) is 19.1. The van der Waals surface area contributed by atoms with Gasteiger partial charge in [-0.3, -0.25) is 4.79 Å². The summed E-state index contributed by atoms with van der Waals surface area (Å²) >= 11 is 6.13. The highest BCUT2D eigenvalue weighted by Gasteiger charge is 2.23. The van der Waals surface area contributed by atoms with E-state index in [0.717, 1.165) is 85.6 Å². The fourth-order valence-electron chi connectivity index (χ4n) is 4.30. The number of aromatic nitrogens is 2. The summed E-state index contributed by atoms with van der Waals surface area (Å²) in [7, 11) is 0. The number of aryl methyl sites for hydroxylation is 2. The Morgan fingerprint density at radius 2 is 1.58 bits per heavy atom. The van der Waals surface area contributed by atoms with Gasteiger partial charge in [0, 0.05) is 35.7 Å². The third kappa shape index (κ3) is 5.91. The van der Waals surface area contributed by atoms with Gasteiger partial charge in [-0.2, -0.15) is 0 Å². The van der Waals surface area contributed by atoms with Gasteiger partial charge >= 0.3 is 5.97 Å². The lowest BCUT2D eigenvalue weighted by Gasteiger charge is -2.30. The summed E-state index contributed by atoms with van der Waals surface area (Å²) in [6, 6.07) is 16.2. The van der Waals surface area contributed by atoms with Crippen molar-refractivity contribution in [2.24, 2.45) is 0 Å². The quantitative estimate of drug-likeness (QED) is 0.364. The van der Waals surface area contributed by atoms with Gasteiger partial charge in [-0.05, 0) is 44.7 Å². The summed E-state index contributed by atoms with van der Waals surface area (Å²) in [5.74, 6) is 0.274. The Kier molecular flexibility index (Phi) is 7.61. The van der Waals surface area contributed by atoms with Crippen molar-refractivity contribution < 1.29 is 9.90 Å². The minimum Gasteiger partial charge on any atom is -0.481 e. The highest BCUT2D eigenvalue weighted by molar-refractivity contribution is 6.30. The highest BCUT2D eigenvalue weighted by Crippen LogP contribution is 2.35. The molecule has 0 spiro atoms. The van der Waals surface area contributed by atoms with Crippen LogP contribution in [0.3, 0.4) is 0 Å². The number of rotatable bonds is 9. The zero-order valence-corrected chi connectivity index (χ0v) is 19.8. The van der Waals surface area contributed by atoms with Crippen molar-refractivity contribution in [3.8, 4) is 22.5 Å². The maximum absolute atomic E-state index is 10.7. The Hall–Kier alpha value is -2.92. The SMILES string of the molecule is Cc1ccc(-c2nc3c(nc2-c2ccc(Cl)cc2)CCCN3CCCCCCC(=O)O)cc1. The lowest BCUT2D eigenvalue weighted by atomic mass is 10.0. The van der Waals surface area contributed by atoms with Crippen molar-refractivity contribution in [2.75, 3.05) is 18.0 Å². The van der Waals surface area contributed by atoms with E-state index in [4.69, 9.17) is 26.7 Å². The number of unbranched alkanes of at least 4 members (excludes halogenated alkanes) is 3. The van der Waals surface area contributed by atoms with Gasteiger partial charge in [0.1, 0.15) is 0 Å². The molecule has 0 atom stereocenters. The van der Waals surface area contributed by atoms with E-state index in [-0.39, 0.29) is 6.42 Å². The first-order valence-corrected chi connectivity index (χ1v) is 12.1. The van der Waals surface area contributed by atoms with Crippen LogP contribution in [0.15, 0.2) is 48.5 Å². The number of hydrogen-bond donors (Lipinski definition) is 1. The summed E-state index contributed by atoms with van der Waals surface area (Å²) < 4.78 is 0. The molecule has 1 N–H and O–H groups in total. The molecule has 0 aliphatic carbocycles. The number of carboxylic acids is 1. The average molecular weight is 464 g/mol. The Morgan fingerprint density at radius 3 is 2.27 bits per heavy atom. The number of fused-ring (bicyclic) bond motifs is 1. The van der Waals surface area contributed by atoms with Crippen molar-refractivity contribution in [1.82, 2.24) is 9.97 Å². The molecule has 2 heterocycles. The van der Waals surface area contributed by atoms with Crippen LogP contribution in [0, 0.1) is 6.92 Å². The predicted octanol–water partition coefficient (Wildman–Crippen LogP) is 6.56. The normalized spacial score (nSPS) is 13.1. The third-order valence-corrected chi connectivity index (χ3v) is 6.35. The lowest BCUT2D eigenvalue weighted by Crippen LogP contribution is -2.32. The van der Waals surface area contributed by atoms with Crippen molar-refractivity contribution in [2.45, 2.75) is 51.9 Å². The Bertz CT molecular complexity index is 1100. The third-order valence-electron chi connectivity index (χ3n) is 6.10. The second-order valence-electron chi connectivity index (χ2n) is 8.71. The van der Waals surface area contributed by atoms with Crippen LogP contribution in [0.25, 0.3) is 22.5 Å². The molecule has 6 heteroatoms. The molecule has 0 amide bonds. The number of aliphatic carboxylic acids is 1. The summed E-state index contributed by atoms with van der Waals surface area (Å²) in [5.41, 5.74) is 6.12. The maximum Gasteiger partial charge on any atom is 0.303 e. The number of carboxylic acid groups (broad SMARTS) is 1. The molecule has 4 rings (SSSR count). The number of hydrogen-bond acceptors (Lipinski definition) is 4.